The predicted octanol–water partition coefficient (Wildman–Crippen LogP) is 1.34. The minimum atomic E-state index is -0.313. The fourth-order valence-corrected chi connectivity index (χ4v) is 3.01. The first kappa shape index (κ1) is 18.2. The molecule has 1 aliphatic rings. The van der Waals surface area contributed by atoms with Crippen LogP contribution in [0.25, 0.3) is 0 Å². The summed E-state index contributed by atoms with van der Waals surface area (Å²) in [6, 6.07) is 7.83. The number of hydrogen-bond acceptors (Lipinski definition) is 4. The molecule has 0 saturated carbocycles. The smallest absolute Gasteiger partial charge is 0.234 e. The SMILES string of the molecule is C[C@@H]1CN(CC(=O)NCc2ccc(Cl)cc2)CCN1C[C@@H](C)O. The van der Waals surface area contributed by atoms with Gasteiger partial charge in [0.05, 0.1) is 12.6 Å². The minimum Gasteiger partial charge on any atom is -0.392 e. The second-order valence-electron chi connectivity index (χ2n) is 6.33. The molecule has 1 aromatic rings. The number of carbonyl (C=O) groups excluding carboxylic acids is 1. The van der Waals surface area contributed by atoms with Gasteiger partial charge in [-0.25, -0.2) is 0 Å². The molecular formula is C17H26ClN3O2. The summed E-state index contributed by atoms with van der Waals surface area (Å²) in [5, 5.41) is 13.1. The molecule has 0 unspecified atom stereocenters. The van der Waals surface area contributed by atoms with Gasteiger partial charge >= 0.3 is 0 Å². The first-order chi connectivity index (χ1) is 10.9. The van der Waals surface area contributed by atoms with Crippen LogP contribution in [-0.2, 0) is 11.3 Å². The van der Waals surface area contributed by atoms with E-state index >= 15 is 0 Å². The third kappa shape index (κ3) is 6.11. The van der Waals surface area contributed by atoms with E-state index in [9.17, 15) is 9.90 Å². The normalized spacial score (nSPS) is 21.1. The molecule has 0 radical (unpaired) electrons. The van der Waals surface area contributed by atoms with E-state index in [1.54, 1.807) is 0 Å². The molecule has 0 spiro atoms. The number of rotatable bonds is 6. The summed E-state index contributed by atoms with van der Waals surface area (Å²) in [5.74, 6) is 0.0381. The highest BCUT2D eigenvalue weighted by Gasteiger charge is 2.25. The van der Waals surface area contributed by atoms with Gasteiger partial charge in [0.2, 0.25) is 5.91 Å². The molecule has 2 rings (SSSR count). The third-order valence-electron chi connectivity index (χ3n) is 4.12. The zero-order valence-electron chi connectivity index (χ0n) is 13.8. The maximum atomic E-state index is 12.1. The van der Waals surface area contributed by atoms with Crippen molar-refractivity contribution in [2.75, 3.05) is 32.7 Å². The van der Waals surface area contributed by atoms with Crippen LogP contribution in [0.1, 0.15) is 19.4 Å². The number of piperazine rings is 1. The molecule has 23 heavy (non-hydrogen) atoms. The van der Waals surface area contributed by atoms with Crippen LogP contribution in [0.4, 0.5) is 0 Å². The number of aliphatic hydroxyl groups excluding tert-OH is 1. The number of halogens is 1. The number of amides is 1. The fourth-order valence-electron chi connectivity index (χ4n) is 2.89. The molecule has 2 atom stereocenters. The lowest BCUT2D eigenvalue weighted by molar-refractivity contribution is -0.123. The maximum absolute atomic E-state index is 12.1. The van der Waals surface area contributed by atoms with E-state index in [4.69, 9.17) is 11.6 Å². The minimum absolute atomic E-state index is 0.0381. The summed E-state index contributed by atoms with van der Waals surface area (Å²) in [7, 11) is 0. The molecule has 1 aliphatic heterocycles. The third-order valence-corrected chi connectivity index (χ3v) is 4.37. The van der Waals surface area contributed by atoms with E-state index < -0.39 is 0 Å². The molecule has 0 aromatic heterocycles. The quantitative estimate of drug-likeness (QED) is 0.821. The molecule has 0 bridgehead atoms. The Balaban J connectivity index is 1.72. The molecular weight excluding hydrogens is 314 g/mol. The van der Waals surface area contributed by atoms with E-state index in [1.165, 1.54) is 0 Å². The molecule has 1 aromatic carbocycles. The monoisotopic (exact) mass is 339 g/mol. The molecule has 1 heterocycles. The van der Waals surface area contributed by atoms with Crippen LogP contribution < -0.4 is 5.32 Å². The van der Waals surface area contributed by atoms with Gasteiger partial charge in [-0.2, -0.15) is 0 Å². The number of carbonyl (C=O) groups is 1. The van der Waals surface area contributed by atoms with Crippen LogP contribution in [-0.4, -0.2) is 65.7 Å². The van der Waals surface area contributed by atoms with E-state index in [2.05, 4.69) is 22.0 Å². The second-order valence-corrected chi connectivity index (χ2v) is 6.77. The van der Waals surface area contributed by atoms with Gasteiger partial charge in [0.1, 0.15) is 0 Å². The second kappa shape index (κ2) is 8.64. The number of aliphatic hydroxyl groups is 1. The van der Waals surface area contributed by atoms with Gasteiger partial charge in [-0.1, -0.05) is 23.7 Å². The molecule has 1 saturated heterocycles. The standard InChI is InChI=1S/C17H26ClN3O2/c1-13-10-20(7-8-21(13)11-14(2)22)12-17(23)19-9-15-3-5-16(18)6-4-15/h3-6,13-14,22H,7-12H2,1-2H3,(H,19,23)/t13-,14-/m1/s1. The number of β-amino-alcohol motifs (C(OH)–C–C–N with tert-alkyl or cyclic N) is 1. The van der Waals surface area contributed by atoms with Crippen LogP contribution in [0.5, 0.6) is 0 Å². The van der Waals surface area contributed by atoms with E-state index in [0.29, 0.717) is 30.7 Å². The Morgan fingerprint density at radius 2 is 2.09 bits per heavy atom. The van der Waals surface area contributed by atoms with E-state index in [0.717, 1.165) is 25.2 Å². The van der Waals surface area contributed by atoms with Gasteiger partial charge < -0.3 is 10.4 Å². The van der Waals surface area contributed by atoms with Crippen molar-refractivity contribution in [2.24, 2.45) is 0 Å². The topological polar surface area (TPSA) is 55.8 Å². The van der Waals surface area contributed by atoms with Gasteiger partial charge in [0.25, 0.3) is 0 Å². The number of nitrogens with zero attached hydrogens (tertiary/aromatic N) is 2. The molecule has 128 valence electrons. The zero-order chi connectivity index (χ0) is 16.8. The summed E-state index contributed by atoms with van der Waals surface area (Å²) in [6.07, 6.45) is -0.313. The summed E-state index contributed by atoms with van der Waals surface area (Å²) in [6.45, 7) is 8.16. The lowest BCUT2D eigenvalue weighted by atomic mass is 10.1. The van der Waals surface area contributed by atoms with Gasteiger partial charge in [-0.3, -0.25) is 14.6 Å². The average Bonchev–Trinajstić information content (AvgIpc) is 2.49. The largest absolute Gasteiger partial charge is 0.392 e. The van der Waals surface area contributed by atoms with Crippen molar-refractivity contribution in [3.05, 3.63) is 34.9 Å². The Labute approximate surface area is 143 Å². The van der Waals surface area contributed by atoms with Crippen LogP contribution in [0.15, 0.2) is 24.3 Å². The molecule has 5 nitrogen and oxygen atoms in total. The van der Waals surface area contributed by atoms with Gasteiger partial charge in [0, 0.05) is 43.8 Å². The van der Waals surface area contributed by atoms with Crippen molar-refractivity contribution in [3.63, 3.8) is 0 Å². The van der Waals surface area contributed by atoms with Crippen LogP contribution >= 0.6 is 11.6 Å². The first-order valence-electron chi connectivity index (χ1n) is 8.09. The van der Waals surface area contributed by atoms with Crippen LogP contribution in [0.2, 0.25) is 5.02 Å². The molecule has 6 heteroatoms. The van der Waals surface area contributed by atoms with Gasteiger partial charge in [-0.05, 0) is 31.5 Å². The van der Waals surface area contributed by atoms with E-state index in [-0.39, 0.29) is 12.0 Å². The van der Waals surface area contributed by atoms with Gasteiger partial charge in [0.15, 0.2) is 0 Å². The Kier molecular flexibility index (Phi) is 6.84. The van der Waals surface area contributed by atoms with Crippen molar-refractivity contribution in [1.82, 2.24) is 15.1 Å². The summed E-state index contributed by atoms with van der Waals surface area (Å²) in [4.78, 5) is 16.5. The summed E-state index contributed by atoms with van der Waals surface area (Å²) >= 11 is 5.85. The zero-order valence-corrected chi connectivity index (χ0v) is 14.6. The van der Waals surface area contributed by atoms with Crippen molar-refractivity contribution in [1.29, 1.82) is 0 Å². The lowest BCUT2D eigenvalue weighted by Gasteiger charge is -2.40. The summed E-state index contributed by atoms with van der Waals surface area (Å²) < 4.78 is 0. The first-order valence-corrected chi connectivity index (χ1v) is 8.47. The van der Waals surface area contributed by atoms with Crippen molar-refractivity contribution in [2.45, 2.75) is 32.5 Å². The highest BCUT2D eigenvalue weighted by Crippen LogP contribution is 2.11. The molecule has 1 fully saturated rings. The van der Waals surface area contributed by atoms with Crippen molar-refractivity contribution < 1.29 is 9.90 Å². The Morgan fingerprint density at radius 1 is 1.39 bits per heavy atom. The predicted molar refractivity (Wildman–Crippen MR) is 92.5 cm³/mol. The van der Waals surface area contributed by atoms with Crippen LogP contribution in [0.3, 0.4) is 0 Å². The van der Waals surface area contributed by atoms with Crippen LogP contribution in [0, 0.1) is 0 Å². The maximum Gasteiger partial charge on any atom is 0.234 e. The highest BCUT2D eigenvalue weighted by molar-refractivity contribution is 6.30. The van der Waals surface area contributed by atoms with Crippen molar-refractivity contribution >= 4 is 17.5 Å². The Morgan fingerprint density at radius 3 is 2.70 bits per heavy atom. The number of hydrogen-bond donors (Lipinski definition) is 2. The fraction of sp³-hybridized carbons (Fsp3) is 0.588. The Hall–Kier alpha value is -1.14. The molecule has 0 aliphatic carbocycles. The highest BCUT2D eigenvalue weighted by atomic mass is 35.5. The molecule has 1 amide bonds. The number of benzene rings is 1. The number of nitrogens with one attached hydrogen (secondary N) is 1. The Bertz CT molecular complexity index is 507. The van der Waals surface area contributed by atoms with Crippen molar-refractivity contribution in [3.8, 4) is 0 Å². The average molecular weight is 340 g/mol. The molecule has 2 N–H and O–H groups in total. The van der Waals surface area contributed by atoms with Gasteiger partial charge in [-0.15, -0.1) is 0 Å². The van der Waals surface area contributed by atoms with E-state index in [1.807, 2.05) is 31.2 Å². The summed E-state index contributed by atoms with van der Waals surface area (Å²) in [5.41, 5.74) is 1.04. The lowest BCUT2D eigenvalue weighted by Crippen LogP contribution is -2.55.